The molecule has 0 aliphatic carbocycles. The standard InChI is InChI=1S/C12H13ClO3/c1-7-4-5-10(16-3)9(6-7)11(13)12(15)8(2)14/h4-6,11H,1-3H3. The first kappa shape index (κ1) is 12.7. The fourth-order valence-electron chi connectivity index (χ4n) is 1.37. The van der Waals surface area contributed by atoms with Crippen molar-refractivity contribution in [1.29, 1.82) is 0 Å². The van der Waals surface area contributed by atoms with Crippen molar-refractivity contribution in [3.8, 4) is 5.75 Å². The zero-order chi connectivity index (χ0) is 12.3. The Hall–Kier alpha value is -1.35. The number of ketones is 2. The number of aryl methyl sites for hydroxylation is 1. The molecule has 0 aromatic heterocycles. The van der Waals surface area contributed by atoms with Gasteiger partial charge in [-0.25, -0.2) is 0 Å². The van der Waals surface area contributed by atoms with Crippen LogP contribution < -0.4 is 4.74 Å². The number of carbonyl (C=O) groups is 2. The molecule has 0 bridgehead atoms. The fourth-order valence-corrected chi connectivity index (χ4v) is 1.70. The summed E-state index contributed by atoms with van der Waals surface area (Å²) in [7, 11) is 1.50. The maximum atomic E-state index is 11.5. The van der Waals surface area contributed by atoms with E-state index in [0.717, 1.165) is 5.56 Å². The normalized spacial score (nSPS) is 12.0. The van der Waals surface area contributed by atoms with Gasteiger partial charge in [-0.3, -0.25) is 9.59 Å². The van der Waals surface area contributed by atoms with Gasteiger partial charge in [-0.15, -0.1) is 11.6 Å². The Labute approximate surface area is 99.4 Å². The lowest BCUT2D eigenvalue weighted by atomic mass is 10.0. The molecular formula is C12H13ClO3. The highest BCUT2D eigenvalue weighted by atomic mass is 35.5. The largest absolute Gasteiger partial charge is 0.496 e. The van der Waals surface area contributed by atoms with Crippen LogP contribution in [0.4, 0.5) is 0 Å². The smallest absolute Gasteiger partial charge is 0.220 e. The first-order chi connectivity index (χ1) is 7.47. The Morgan fingerprint density at radius 2 is 2.00 bits per heavy atom. The quantitative estimate of drug-likeness (QED) is 0.600. The van der Waals surface area contributed by atoms with E-state index in [1.165, 1.54) is 14.0 Å². The Kier molecular flexibility index (Phi) is 4.07. The van der Waals surface area contributed by atoms with Gasteiger partial charge in [-0.1, -0.05) is 17.7 Å². The molecule has 0 radical (unpaired) electrons. The molecule has 1 rings (SSSR count). The van der Waals surface area contributed by atoms with Crippen LogP contribution >= 0.6 is 11.6 Å². The Morgan fingerprint density at radius 1 is 1.38 bits per heavy atom. The highest BCUT2D eigenvalue weighted by Gasteiger charge is 2.24. The Bertz CT molecular complexity index is 426. The van der Waals surface area contributed by atoms with Gasteiger partial charge >= 0.3 is 0 Å². The van der Waals surface area contributed by atoms with E-state index in [1.807, 2.05) is 13.0 Å². The highest BCUT2D eigenvalue weighted by Crippen LogP contribution is 2.31. The fraction of sp³-hybridized carbons (Fsp3) is 0.333. The Morgan fingerprint density at radius 3 is 2.50 bits per heavy atom. The van der Waals surface area contributed by atoms with E-state index in [1.54, 1.807) is 12.1 Å². The number of carbonyl (C=O) groups excluding carboxylic acids is 2. The predicted octanol–water partition coefficient (Wildman–Crippen LogP) is 2.44. The molecule has 3 nitrogen and oxygen atoms in total. The van der Waals surface area contributed by atoms with Crippen molar-refractivity contribution in [3.63, 3.8) is 0 Å². The lowest BCUT2D eigenvalue weighted by Gasteiger charge is -2.12. The summed E-state index contributed by atoms with van der Waals surface area (Å²) in [6.07, 6.45) is 0. The molecule has 16 heavy (non-hydrogen) atoms. The topological polar surface area (TPSA) is 43.4 Å². The number of ether oxygens (including phenoxy) is 1. The van der Waals surface area contributed by atoms with Crippen LogP contribution in [0.1, 0.15) is 23.4 Å². The second-order valence-corrected chi connectivity index (χ2v) is 3.96. The third-order valence-corrected chi connectivity index (χ3v) is 2.67. The second-order valence-electron chi connectivity index (χ2n) is 3.53. The minimum atomic E-state index is -0.979. The summed E-state index contributed by atoms with van der Waals surface area (Å²) >= 11 is 5.96. The third kappa shape index (κ3) is 2.61. The van der Waals surface area contributed by atoms with Gasteiger partial charge < -0.3 is 4.74 Å². The molecule has 0 amide bonds. The summed E-state index contributed by atoms with van der Waals surface area (Å²) < 4.78 is 5.10. The van der Waals surface area contributed by atoms with Crippen LogP contribution in [0.3, 0.4) is 0 Å². The molecule has 0 saturated heterocycles. The predicted molar refractivity (Wildman–Crippen MR) is 62.0 cm³/mol. The van der Waals surface area contributed by atoms with Gasteiger partial charge in [0.1, 0.15) is 11.1 Å². The summed E-state index contributed by atoms with van der Waals surface area (Å²) in [4.78, 5) is 22.5. The number of hydrogen-bond donors (Lipinski definition) is 0. The van der Waals surface area contributed by atoms with Crippen LogP contribution in [-0.2, 0) is 9.59 Å². The van der Waals surface area contributed by atoms with E-state index in [4.69, 9.17) is 16.3 Å². The van der Waals surface area contributed by atoms with E-state index >= 15 is 0 Å². The third-order valence-electron chi connectivity index (χ3n) is 2.24. The molecule has 0 aliphatic rings. The van der Waals surface area contributed by atoms with Crippen LogP contribution in [0, 0.1) is 6.92 Å². The van der Waals surface area contributed by atoms with Gasteiger partial charge in [0.2, 0.25) is 5.78 Å². The van der Waals surface area contributed by atoms with Gasteiger partial charge in [0, 0.05) is 12.5 Å². The molecule has 1 aromatic carbocycles. The van der Waals surface area contributed by atoms with Crippen molar-refractivity contribution < 1.29 is 14.3 Å². The van der Waals surface area contributed by atoms with Crippen molar-refractivity contribution >= 4 is 23.2 Å². The SMILES string of the molecule is COc1ccc(C)cc1C(Cl)C(=O)C(C)=O. The number of Topliss-reactive ketones (excluding diaryl/α,β-unsaturated/α-hetero) is 2. The molecule has 0 heterocycles. The maximum absolute atomic E-state index is 11.5. The molecule has 0 fully saturated rings. The van der Waals surface area contributed by atoms with Crippen LogP contribution in [0.15, 0.2) is 18.2 Å². The number of rotatable bonds is 4. The summed E-state index contributed by atoms with van der Waals surface area (Å²) in [5.41, 5.74) is 1.49. The first-order valence-electron chi connectivity index (χ1n) is 4.80. The van der Waals surface area contributed by atoms with Crippen molar-refractivity contribution in [2.45, 2.75) is 19.2 Å². The van der Waals surface area contributed by atoms with Crippen LogP contribution in [0.25, 0.3) is 0 Å². The molecule has 4 heteroatoms. The maximum Gasteiger partial charge on any atom is 0.220 e. The summed E-state index contributed by atoms with van der Waals surface area (Å²) in [5, 5.41) is -0.979. The number of methoxy groups -OCH3 is 1. The number of benzene rings is 1. The van der Waals surface area contributed by atoms with Crippen LogP contribution in [0.2, 0.25) is 0 Å². The van der Waals surface area contributed by atoms with E-state index in [0.29, 0.717) is 11.3 Å². The molecule has 0 spiro atoms. The minimum absolute atomic E-state index is 0.514. The van der Waals surface area contributed by atoms with Gasteiger partial charge in [-0.05, 0) is 13.0 Å². The molecule has 0 saturated carbocycles. The lowest BCUT2D eigenvalue weighted by Crippen LogP contribution is -2.16. The van der Waals surface area contributed by atoms with Gasteiger partial charge in [0.15, 0.2) is 5.78 Å². The highest BCUT2D eigenvalue weighted by molar-refractivity contribution is 6.49. The molecule has 1 unspecified atom stereocenters. The van der Waals surface area contributed by atoms with Gasteiger partial charge in [0.05, 0.1) is 7.11 Å². The summed E-state index contributed by atoms with van der Waals surface area (Å²) in [6, 6.07) is 5.33. The van der Waals surface area contributed by atoms with Crippen molar-refractivity contribution in [1.82, 2.24) is 0 Å². The summed E-state index contributed by atoms with van der Waals surface area (Å²) in [6.45, 7) is 3.09. The number of alkyl halides is 1. The first-order valence-corrected chi connectivity index (χ1v) is 5.24. The molecule has 86 valence electrons. The average Bonchev–Trinajstić information content (AvgIpc) is 2.26. The lowest BCUT2D eigenvalue weighted by molar-refractivity contribution is -0.135. The van der Waals surface area contributed by atoms with E-state index in [-0.39, 0.29) is 0 Å². The molecule has 0 aliphatic heterocycles. The minimum Gasteiger partial charge on any atom is -0.496 e. The Balaban J connectivity index is 3.15. The summed E-state index contributed by atoms with van der Waals surface area (Å²) in [5.74, 6) is -0.658. The van der Waals surface area contributed by atoms with E-state index in [2.05, 4.69) is 0 Å². The molecule has 0 N–H and O–H groups in total. The molecule has 1 aromatic rings. The average molecular weight is 241 g/mol. The zero-order valence-corrected chi connectivity index (χ0v) is 10.2. The monoisotopic (exact) mass is 240 g/mol. The second kappa shape index (κ2) is 5.12. The zero-order valence-electron chi connectivity index (χ0n) is 9.41. The molecular weight excluding hydrogens is 228 g/mol. The van der Waals surface area contributed by atoms with E-state index < -0.39 is 16.9 Å². The molecule has 1 atom stereocenters. The van der Waals surface area contributed by atoms with Gasteiger partial charge in [0.25, 0.3) is 0 Å². The van der Waals surface area contributed by atoms with E-state index in [9.17, 15) is 9.59 Å². The van der Waals surface area contributed by atoms with Crippen molar-refractivity contribution in [2.75, 3.05) is 7.11 Å². The van der Waals surface area contributed by atoms with Crippen molar-refractivity contribution in [2.24, 2.45) is 0 Å². The van der Waals surface area contributed by atoms with Crippen molar-refractivity contribution in [3.05, 3.63) is 29.3 Å². The van der Waals surface area contributed by atoms with Gasteiger partial charge in [-0.2, -0.15) is 0 Å². The number of hydrogen-bond acceptors (Lipinski definition) is 3. The van der Waals surface area contributed by atoms with Crippen LogP contribution in [-0.4, -0.2) is 18.7 Å². The number of halogens is 1. The van der Waals surface area contributed by atoms with Crippen LogP contribution in [0.5, 0.6) is 5.75 Å².